The summed E-state index contributed by atoms with van der Waals surface area (Å²) in [5, 5.41) is 14.8. The van der Waals surface area contributed by atoms with Crippen LogP contribution in [0.15, 0.2) is 36.7 Å². The highest BCUT2D eigenvalue weighted by Gasteiger charge is 2.83. The highest BCUT2D eigenvalue weighted by Crippen LogP contribution is 2.64. The summed E-state index contributed by atoms with van der Waals surface area (Å²) in [5.74, 6) is 0.638. The summed E-state index contributed by atoms with van der Waals surface area (Å²) in [4.78, 5) is 12.8. The van der Waals surface area contributed by atoms with Gasteiger partial charge in [0.05, 0.1) is 18.5 Å². The van der Waals surface area contributed by atoms with E-state index < -0.39 is 37.3 Å². The van der Waals surface area contributed by atoms with Crippen molar-refractivity contribution in [3.05, 3.63) is 36.7 Å². The molecule has 3 aromatic rings. The Morgan fingerprint density at radius 1 is 1.23 bits per heavy atom. The molecule has 6 atom stereocenters. The van der Waals surface area contributed by atoms with Gasteiger partial charge in [-0.2, -0.15) is 9.97 Å². The molecule has 0 bridgehead atoms. The van der Waals surface area contributed by atoms with E-state index in [0.717, 1.165) is 32.1 Å². The second kappa shape index (κ2) is 9.69. The van der Waals surface area contributed by atoms with Gasteiger partial charge >= 0.3 is 7.75 Å². The Kier molecular flexibility index (Phi) is 6.56. The van der Waals surface area contributed by atoms with E-state index in [1.807, 2.05) is 13.0 Å². The molecule has 1 aliphatic heterocycles. The standard InChI is InChI=1S/C25H34N7O6P/c1-3-35-21-17-20(29-23(26)30-21)32(14-28-17)22-24(2,27)25(33)18(36-22)19(25)38-39(34,31-15-10-6-4-7-11-15)37-16-12-8-5-9-13-16/h5,8-9,12-15,18-19,22,33H,3-4,6-7,10-11,27H2,1-2H3,(H,31,34)(H2,26,29,30)/t18-,19?,22-,24+,25+,39?/m1/s1. The number of imidazole rings is 1. The molecule has 3 heterocycles. The Morgan fingerprint density at radius 3 is 2.64 bits per heavy atom. The van der Waals surface area contributed by atoms with Gasteiger partial charge in [-0.15, -0.1) is 0 Å². The molecule has 2 aromatic heterocycles. The molecule has 3 fully saturated rings. The molecule has 0 spiro atoms. The molecule has 6 rings (SSSR count). The Balaban J connectivity index is 1.26. The number of benzene rings is 1. The minimum absolute atomic E-state index is 0.00212. The first-order valence-electron chi connectivity index (χ1n) is 13.3. The second-order valence-corrected chi connectivity index (χ2v) is 12.2. The van der Waals surface area contributed by atoms with Crippen molar-refractivity contribution in [1.29, 1.82) is 0 Å². The number of fused-ring (bicyclic) bond motifs is 2. The van der Waals surface area contributed by atoms with Crippen LogP contribution < -0.4 is 25.8 Å². The van der Waals surface area contributed by atoms with Crippen LogP contribution >= 0.6 is 7.75 Å². The van der Waals surface area contributed by atoms with E-state index in [-0.39, 0.29) is 17.9 Å². The fourth-order valence-corrected chi connectivity index (χ4v) is 7.52. The van der Waals surface area contributed by atoms with Crippen LogP contribution in [0.25, 0.3) is 11.2 Å². The number of aromatic nitrogens is 4. The van der Waals surface area contributed by atoms with Crippen molar-refractivity contribution in [2.45, 2.75) is 81.6 Å². The van der Waals surface area contributed by atoms with Crippen molar-refractivity contribution in [3.8, 4) is 11.6 Å². The van der Waals surface area contributed by atoms with Crippen LogP contribution in [0.1, 0.15) is 52.2 Å². The third-order valence-corrected chi connectivity index (χ3v) is 9.43. The van der Waals surface area contributed by atoms with Gasteiger partial charge < -0.3 is 30.6 Å². The first kappa shape index (κ1) is 26.4. The number of anilines is 1. The minimum Gasteiger partial charge on any atom is -0.476 e. The average Bonchev–Trinajstić information content (AvgIpc) is 3.16. The number of nitrogens with one attached hydrogen (secondary N) is 1. The van der Waals surface area contributed by atoms with Crippen LogP contribution in [0.2, 0.25) is 0 Å². The summed E-state index contributed by atoms with van der Waals surface area (Å²) < 4.78 is 39.4. The molecule has 2 unspecified atom stereocenters. The maximum atomic E-state index is 14.1. The van der Waals surface area contributed by atoms with Crippen molar-refractivity contribution in [1.82, 2.24) is 24.6 Å². The molecule has 0 amide bonds. The highest BCUT2D eigenvalue weighted by molar-refractivity contribution is 7.52. The summed E-state index contributed by atoms with van der Waals surface area (Å²) in [6.45, 7) is 3.84. The van der Waals surface area contributed by atoms with Crippen LogP contribution in [0.4, 0.5) is 5.95 Å². The SMILES string of the molecule is CCOc1nc(N)nc2c1ncn2[C@@H]1O[C@@H]2C(OP(=O)(NC3CCCCC3)Oc3ccccc3)[C@]2(O)[C@@]1(C)N. The summed E-state index contributed by atoms with van der Waals surface area (Å²) in [6.07, 6.45) is 3.70. The quantitative estimate of drug-likeness (QED) is 0.282. The van der Waals surface area contributed by atoms with Crippen LogP contribution in [-0.2, 0) is 13.8 Å². The first-order valence-corrected chi connectivity index (χ1v) is 14.8. The van der Waals surface area contributed by atoms with E-state index in [4.69, 9.17) is 30.0 Å². The van der Waals surface area contributed by atoms with Gasteiger partial charge in [-0.25, -0.2) is 14.6 Å². The number of aliphatic hydroxyl groups is 1. The largest absolute Gasteiger partial charge is 0.476 e. The molecule has 3 aliphatic rings. The van der Waals surface area contributed by atoms with Gasteiger partial charge in [-0.05, 0) is 38.8 Å². The maximum Gasteiger partial charge on any atom is 0.459 e. The fraction of sp³-hybridized carbons (Fsp3) is 0.560. The molecule has 1 saturated heterocycles. The van der Waals surface area contributed by atoms with Crippen LogP contribution in [0.3, 0.4) is 0 Å². The molecule has 2 saturated carbocycles. The lowest BCUT2D eigenvalue weighted by Gasteiger charge is -2.35. The molecule has 39 heavy (non-hydrogen) atoms. The van der Waals surface area contributed by atoms with Gasteiger partial charge in [0.2, 0.25) is 11.8 Å². The van der Waals surface area contributed by atoms with Crippen molar-refractivity contribution < 1.29 is 28.2 Å². The monoisotopic (exact) mass is 559 g/mol. The van der Waals surface area contributed by atoms with Gasteiger partial charge in [0, 0.05) is 6.04 Å². The molecular weight excluding hydrogens is 525 g/mol. The maximum absolute atomic E-state index is 14.1. The van der Waals surface area contributed by atoms with Gasteiger partial charge in [0.25, 0.3) is 0 Å². The normalized spacial score (nSPS) is 32.1. The number of rotatable bonds is 9. The highest BCUT2D eigenvalue weighted by atomic mass is 31.2. The van der Waals surface area contributed by atoms with Gasteiger partial charge in [-0.1, -0.05) is 37.5 Å². The number of nitrogens with zero attached hydrogens (tertiary/aromatic N) is 4. The topological polar surface area (TPSA) is 182 Å². The average molecular weight is 560 g/mol. The summed E-state index contributed by atoms with van der Waals surface area (Å²) >= 11 is 0. The van der Waals surface area contributed by atoms with Crippen molar-refractivity contribution in [3.63, 3.8) is 0 Å². The molecule has 13 nitrogen and oxygen atoms in total. The lowest BCUT2D eigenvalue weighted by Crippen LogP contribution is -2.56. The van der Waals surface area contributed by atoms with Gasteiger partial charge in [0.1, 0.15) is 23.6 Å². The Morgan fingerprint density at radius 2 is 1.97 bits per heavy atom. The Hall–Kier alpha value is -2.80. The number of nitrogens with two attached hydrogens (primary N) is 2. The molecule has 210 valence electrons. The number of nitrogen functional groups attached to an aromatic ring is 1. The smallest absolute Gasteiger partial charge is 0.459 e. The van der Waals surface area contributed by atoms with E-state index in [1.54, 1.807) is 35.8 Å². The first-order chi connectivity index (χ1) is 18.7. The molecule has 0 radical (unpaired) electrons. The van der Waals surface area contributed by atoms with Gasteiger partial charge in [-0.3, -0.25) is 9.09 Å². The van der Waals surface area contributed by atoms with Crippen LogP contribution in [-0.4, -0.2) is 60.6 Å². The van der Waals surface area contributed by atoms with E-state index in [2.05, 4.69) is 20.0 Å². The summed E-state index contributed by atoms with van der Waals surface area (Å²) in [6, 6.07) is 8.79. The van der Waals surface area contributed by atoms with E-state index in [1.165, 1.54) is 6.33 Å². The minimum atomic E-state index is -3.91. The molecule has 2 aliphatic carbocycles. The fourth-order valence-electron chi connectivity index (χ4n) is 5.69. The van der Waals surface area contributed by atoms with E-state index in [9.17, 15) is 9.67 Å². The number of ether oxygens (including phenoxy) is 2. The zero-order valence-corrected chi connectivity index (χ0v) is 22.8. The molecular formula is C25H34N7O6P. The van der Waals surface area contributed by atoms with Crippen molar-refractivity contribution >= 4 is 24.9 Å². The number of para-hydroxylation sites is 1. The van der Waals surface area contributed by atoms with Crippen LogP contribution in [0.5, 0.6) is 11.6 Å². The zero-order valence-electron chi connectivity index (χ0n) is 21.9. The summed E-state index contributed by atoms with van der Waals surface area (Å²) in [5.41, 5.74) is 10.4. The number of hydrogen-bond acceptors (Lipinski definition) is 11. The third-order valence-electron chi connectivity index (χ3n) is 7.79. The number of hydrogen-bond donors (Lipinski definition) is 4. The Bertz CT molecular complexity index is 1400. The zero-order chi connectivity index (χ0) is 27.4. The van der Waals surface area contributed by atoms with E-state index in [0.29, 0.717) is 23.5 Å². The predicted molar refractivity (Wildman–Crippen MR) is 142 cm³/mol. The van der Waals surface area contributed by atoms with E-state index >= 15 is 0 Å². The predicted octanol–water partition coefficient (Wildman–Crippen LogP) is 2.66. The lowest BCUT2D eigenvalue weighted by molar-refractivity contribution is -0.0531. The lowest BCUT2D eigenvalue weighted by atomic mass is 9.92. The second-order valence-electron chi connectivity index (χ2n) is 10.6. The van der Waals surface area contributed by atoms with Gasteiger partial charge in [0.15, 0.2) is 17.4 Å². The summed E-state index contributed by atoms with van der Waals surface area (Å²) in [7, 11) is -3.91. The van der Waals surface area contributed by atoms with Crippen LogP contribution in [0, 0.1) is 0 Å². The van der Waals surface area contributed by atoms with Crippen molar-refractivity contribution in [2.24, 2.45) is 5.73 Å². The molecule has 1 aromatic carbocycles. The van der Waals surface area contributed by atoms with Crippen molar-refractivity contribution in [2.75, 3.05) is 12.3 Å². The third kappa shape index (κ3) is 4.47. The molecule has 14 heteroatoms. The Labute approximate surface area is 225 Å². The molecule has 6 N–H and O–H groups in total.